The van der Waals surface area contributed by atoms with E-state index in [1.807, 2.05) is 43.0 Å². The van der Waals surface area contributed by atoms with Gasteiger partial charge >= 0.3 is 0 Å². The van der Waals surface area contributed by atoms with Crippen molar-refractivity contribution in [1.82, 2.24) is 10.2 Å². The summed E-state index contributed by atoms with van der Waals surface area (Å²) >= 11 is 0. The number of rotatable bonds is 5. The van der Waals surface area contributed by atoms with Crippen LogP contribution in [-0.4, -0.2) is 35.8 Å². The predicted molar refractivity (Wildman–Crippen MR) is 78.3 cm³/mol. The molecule has 1 aliphatic rings. The zero-order valence-corrected chi connectivity index (χ0v) is 12.2. The molecule has 20 heavy (non-hydrogen) atoms. The highest BCUT2D eigenvalue weighted by atomic mass is 16.2. The second-order valence-electron chi connectivity index (χ2n) is 5.58. The highest BCUT2D eigenvalue weighted by Crippen LogP contribution is 2.10. The number of nitrogens with one attached hydrogen (secondary N) is 1. The van der Waals surface area contributed by atoms with E-state index in [9.17, 15) is 9.59 Å². The number of benzene rings is 1. The van der Waals surface area contributed by atoms with Gasteiger partial charge < -0.3 is 10.2 Å². The lowest BCUT2D eigenvalue weighted by atomic mass is 10.1. The quantitative estimate of drug-likeness (QED) is 0.888. The van der Waals surface area contributed by atoms with Crippen LogP contribution in [0, 0.1) is 6.92 Å². The van der Waals surface area contributed by atoms with Gasteiger partial charge in [0.05, 0.1) is 6.42 Å². The minimum absolute atomic E-state index is 0.00522. The molecule has 1 aliphatic heterocycles. The first-order valence-electron chi connectivity index (χ1n) is 7.17. The number of likely N-dealkylation sites (tertiary alicyclic amines) is 1. The zero-order valence-electron chi connectivity index (χ0n) is 12.2. The van der Waals surface area contributed by atoms with E-state index in [-0.39, 0.29) is 17.9 Å². The number of carbonyl (C=O) groups is 2. The summed E-state index contributed by atoms with van der Waals surface area (Å²) in [5.74, 6) is 0.208. The van der Waals surface area contributed by atoms with E-state index in [2.05, 4.69) is 5.32 Å². The molecule has 1 unspecified atom stereocenters. The van der Waals surface area contributed by atoms with Gasteiger partial charge in [-0.05, 0) is 25.8 Å². The Morgan fingerprint density at radius 3 is 2.90 bits per heavy atom. The molecule has 1 N–H and O–H groups in total. The average Bonchev–Trinajstić information content (AvgIpc) is 2.74. The molecule has 1 heterocycles. The molecule has 0 bridgehead atoms. The Hall–Kier alpha value is -1.84. The summed E-state index contributed by atoms with van der Waals surface area (Å²) in [7, 11) is 0. The first-order valence-corrected chi connectivity index (χ1v) is 7.17. The number of amides is 2. The number of carbonyl (C=O) groups excluding carboxylic acids is 2. The van der Waals surface area contributed by atoms with Crippen molar-refractivity contribution in [3.05, 3.63) is 35.4 Å². The van der Waals surface area contributed by atoms with Crippen LogP contribution in [-0.2, 0) is 16.0 Å². The molecule has 2 rings (SSSR count). The molecule has 0 aromatic heterocycles. The predicted octanol–water partition coefficient (Wildman–Crippen LogP) is 1.66. The molecule has 2 amide bonds. The Balaban J connectivity index is 1.80. The molecule has 108 valence electrons. The van der Waals surface area contributed by atoms with Crippen LogP contribution < -0.4 is 5.32 Å². The summed E-state index contributed by atoms with van der Waals surface area (Å²) in [6.45, 7) is 5.39. The first kappa shape index (κ1) is 14.6. The smallest absolute Gasteiger partial charge is 0.224 e. The second kappa shape index (κ2) is 6.55. The lowest BCUT2D eigenvalue weighted by molar-refractivity contribution is -0.129. The van der Waals surface area contributed by atoms with Crippen LogP contribution in [0.25, 0.3) is 0 Å². The van der Waals surface area contributed by atoms with Gasteiger partial charge in [0.1, 0.15) is 0 Å². The van der Waals surface area contributed by atoms with Crippen molar-refractivity contribution in [1.29, 1.82) is 0 Å². The van der Waals surface area contributed by atoms with E-state index in [1.54, 1.807) is 0 Å². The fourth-order valence-corrected chi connectivity index (χ4v) is 2.61. The minimum atomic E-state index is -0.00522. The van der Waals surface area contributed by atoms with Crippen molar-refractivity contribution >= 4 is 11.8 Å². The van der Waals surface area contributed by atoms with Gasteiger partial charge in [0, 0.05) is 25.6 Å². The lowest BCUT2D eigenvalue weighted by Gasteiger charge is -2.21. The SMILES string of the molecule is Cc1cccc(CC(=O)NC(C)CN2CCCC2=O)c1. The summed E-state index contributed by atoms with van der Waals surface area (Å²) in [5, 5.41) is 2.96. The molecule has 0 radical (unpaired) electrons. The van der Waals surface area contributed by atoms with Gasteiger partial charge in [-0.15, -0.1) is 0 Å². The fraction of sp³-hybridized carbons (Fsp3) is 0.500. The Morgan fingerprint density at radius 2 is 2.25 bits per heavy atom. The van der Waals surface area contributed by atoms with Gasteiger partial charge in [-0.3, -0.25) is 9.59 Å². The molecule has 1 saturated heterocycles. The Kier molecular flexibility index (Phi) is 4.77. The summed E-state index contributed by atoms with van der Waals surface area (Å²) < 4.78 is 0. The van der Waals surface area contributed by atoms with E-state index >= 15 is 0 Å². The van der Waals surface area contributed by atoms with Crippen LogP contribution in [0.1, 0.15) is 30.9 Å². The largest absolute Gasteiger partial charge is 0.352 e. The lowest BCUT2D eigenvalue weighted by Crippen LogP contribution is -2.42. The van der Waals surface area contributed by atoms with Gasteiger partial charge in [-0.25, -0.2) is 0 Å². The monoisotopic (exact) mass is 274 g/mol. The summed E-state index contributed by atoms with van der Waals surface area (Å²) in [6, 6.07) is 7.96. The summed E-state index contributed by atoms with van der Waals surface area (Å²) in [4.78, 5) is 25.3. The van der Waals surface area contributed by atoms with Crippen molar-refractivity contribution in [3.63, 3.8) is 0 Å². The van der Waals surface area contributed by atoms with E-state index < -0.39 is 0 Å². The van der Waals surface area contributed by atoms with Crippen molar-refractivity contribution in [2.24, 2.45) is 0 Å². The minimum Gasteiger partial charge on any atom is -0.352 e. The van der Waals surface area contributed by atoms with Crippen LogP contribution in [0.5, 0.6) is 0 Å². The number of aryl methyl sites for hydroxylation is 1. The van der Waals surface area contributed by atoms with Crippen molar-refractivity contribution in [2.75, 3.05) is 13.1 Å². The van der Waals surface area contributed by atoms with Gasteiger partial charge in [-0.1, -0.05) is 29.8 Å². The standard InChI is InChI=1S/C16H22N2O2/c1-12-5-3-6-14(9-12)10-15(19)17-13(2)11-18-8-4-7-16(18)20/h3,5-6,9,13H,4,7-8,10-11H2,1-2H3,(H,17,19). The third-order valence-electron chi connectivity index (χ3n) is 3.52. The molecule has 4 nitrogen and oxygen atoms in total. The maximum absolute atomic E-state index is 12.0. The summed E-state index contributed by atoms with van der Waals surface area (Å²) in [5.41, 5.74) is 2.18. The maximum atomic E-state index is 12.0. The zero-order chi connectivity index (χ0) is 14.5. The molecule has 1 atom stereocenters. The molecule has 1 aromatic rings. The number of hydrogen-bond donors (Lipinski definition) is 1. The third-order valence-corrected chi connectivity index (χ3v) is 3.52. The molecule has 0 saturated carbocycles. The normalized spacial score (nSPS) is 16.3. The molecule has 4 heteroatoms. The fourth-order valence-electron chi connectivity index (χ4n) is 2.61. The van der Waals surface area contributed by atoms with Crippen LogP contribution in [0.3, 0.4) is 0 Å². The Bertz CT molecular complexity index is 499. The van der Waals surface area contributed by atoms with Crippen LogP contribution in [0.15, 0.2) is 24.3 Å². The Morgan fingerprint density at radius 1 is 1.45 bits per heavy atom. The van der Waals surface area contributed by atoms with E-state index in [0.717, 1.165) is 24.1 Å². The molecule has 0 spiro atoms. The van der Waals surface area contributed by atoms with Crippen molar-refractivity contribution in [3.8, 4) is 0 Å². The third kappa shape index (κ3) is 4.08. The maximum Gasteiger partial charge on any atom is 0.224 e. The topological polar surface area (TPSA) is 49.4 Å². The van der Waals surface area contributed by atoms with Crippen LogP contribution in [0.2, 0.25) is 0 Å². The highest BCUT2D eigenvalue weighted by molar-refractivity contribution is 5.79. The van der Waals surface area contributed by atoms with Gasteiger partial charge in [0.15, 0.2) is 0 Å². The molecule has 1 fully saturated rings. The van der Waals surface area contributed by atoms with Crippen molar-refractivity contribution < 1.29 is 9.59 Å². The van der Waals surface area contributed by atoms with E-state index in [4.69, 9.17) is 0 Å². The first-order chi connectivity index (χ1) is 9.54. The van der Waals surface area contributed by atoms with Gasteiger partial charge in [0.2, 0.25) is 11.8 Å². The molecule has 0 aliphatic carbocycles. The van der Waals surface area contributed by atoms with Crippen LogP contribution >= 0.6 is 0 Å². The number of hydrogen-bond acceptors (Lipinski definition) is 2. The van der Waals surface area contributed by atoms with E-state index in [1.165, 1.54) is 0 Å². The van der Waals surface area contributed by atoms with Gasteiger partial charge in [-0.2, -0.15) is 0 Å². The highest BCUT2D eigenvalue weighted by Gasteiger charge is 2.22. The average molecular weight is 274 g/mol. The molecule has 1 aromatic carbocycles. The van der Waals surface area contributed by atoms with E-state index in [0.29, 0.717) is 19.4 Å². The number of nitrogens with zero attached hydrogens (tertiary/aromatic N) is 1. The Labute approximate surface area is 120 Å². The summed E-state index contributed by atoms with van der Waals surface area (Å²) in [6.07, 6.45) is 1.96. The van der Waals surface area contributed by atoms with Crippen molar-refractivity contribution in [2.45, 2.75) is 39.2 Å². The molecular weight excluding hydrogens is 252 g/mol. The van der Waals surface area contributed by atoms with Gasteiger partial charge in [0.25, 0.3) is 0 Å². The molecular formula is C16H22N2O2. The second-order valence-corrected chi connectivity index (χ2v) is 5.58. The van der Waals surface area contributed by atoms with Crippen LogP contribution in [0.4, 0.5) is 0 Å².